The van der Waals surface area contributed by atoms with Gasteiger partial charge in [0.2, 0.25) is 0 Å². The fourth-order valence-electron chi connectivity index (χ4n) is 0.747. The van der Waals surface area contributed by atoms with Crippen LogP contribution in [-0.2, 0) is 4.79 Å². The van der Waals surface area contributed by atoms with E-state index < -0.39 is 6.10 Å². The molecule has 0 saturated heterocycles. The monoisotopic (exact) mass is 205 g/mol. The summed E-state index contributed by atoms with van der Waals surface area (Å²) in [5.41, 5.74) is 0. The van der Waals surface area contributed by atoms with Crippen molar-refractivity contribution in [1.82, 2.24) is 0 Å². The van der Waals surface area contributed by atoms with E-state index in [0.29, 0.717) is 0 Å². The summed E-state index contributed by atoms with van der Waals surface area (Å²) in [5, 5.41) is 9.23. The van der Waals surface area contributed by atoms with Gasteiger partial charge in [0.15, 0.2) is 5.78 Å². The number of hydrogen-bond acceptors (Lipinski definition) is 3. The normalized spacial score (nSPS) is 14.5. The van der Waals surface area contributed by atoms with Gasteiger partial charge in [-0.2, -0.15) is 0 Å². The molecule has 0 heterocycles. The molecule has 0 saturated carbocycles. The number of allylic oxidation sites excluding steroid dienone is 5. The molecule has 1 atom stereocenters. The van der Waals surface area contributed by atoms with E-state index in [9.17, 15) is 9.90 Å². The van der Waals surface area contributed by atoms with E-state index in [1.54, 1.807) is 25.2 Å². The molecule has 0 amide bonds. The molecule has 0 fully saturated rings. The first-order chi connectivity index (χ1) is 7.20. The highest BCUT2D eigenvalue weighted by Gasteiger charge is 1.89. The van der Waals surface area contributed by atoms with Crippen molar-refractivity contribution >= 4 is 12.0 Å². The Hall–Kier alpha value is -1.74. The molecule has 0 bridgehead atoms. The van der Waals surface area contributed by atoms with Gasteiger partial charge in [-0.05, 0) is 19.1 Å². The molecule has 1 N–H and O–H groups in total. The highest BCUT2D eigenvalue weighted by molar-refractivity contribution is 5.99. The lowest BCUT2D eigenvalue weighted by Gasteiger charge is -1.92. The number of rotatable bonds is 6. The molecule has 0 radical (unpaired) electrons. The minimum atomic E-state index is -0.760. The molecule has 3 heteroatoms. The Morgan fingerprint density at radius 3 is 2.73 bits per heavy atom. The van der Waals surface area contributed by atoms with Crippen LogP contribution in [0.3, 0.4) is 0 Å². The third kappa shape index (κ3) is 8.59. The van der Waals surface area contributed by atoms with Crippen LogP contribution in [0.25, 0.3) is 0 Å². The number of carbonyl (C=O) groups excluding carboxylic acids is 1. The molecule has 0 aliphatic carbocycles. The van der Waals surface area contributed by atoms with Crippen molar-refractivity contribution in [3.63, 3.8) is 0 Å². The van der Waals surface area contributed by atoms with Crippen LogP contribution in [0, 0.1) is 0 Å². The summed E-state index contributed by atoms with van der Waals surface area (Å²) in [5.74, 6) is -0.0867. The van der Waals surface area contributed by atoms with Crippen LogP contribution in [0.1, 0.15) is 6.92 Å². The van der Waals surface area contributed by atoms with Gasteiger partial charge in [0, 0.05) is 12.4 Å². The molecule has 1 unspecified atom stereocenters. The smallest absolute Gasteiger partial charge is 0.178 e. The number of carbonyl (C=O) groups is 1. The SMILES string of the molecule is C=CN=CC(O)/C=C/C=C/C(=O)/C=C\C. The molecule has 0 spiro atoms. The van der Waals surface area contributed by atoms with E-state index >= 15 is 0 Å². The maximum Gasteiger partial charge on any atom is 0.178 e. The van der Waals surface area contributed by atoms with Crippen LogP contribution < -0.4 is 0 Å². The standard InChI is InChI=1S/C12H15NO2/c1-3-7-11(14)8-5-6-9-12(15)10-13-4-2/h3-10,12,15H,2H2,1H3/b7-3-,8-5+,9-6+,13-10?. The number of aliphatic hydroxyl groups is 1. The zero-order valence-corrected chi connectivity index (χ0v) is 8.71. The van der Waals surface area contributed by atoms with E-state index in [0.717, 1.165) is 0 Å². The second-order valence-corrected chi connectivity index (χ2v) is 2.62. The minimum Gasteiger partial charge on any atom is -0.383 e. The molecule has 0 aliphatic heterocycles. The van der Waals surface area contributed by atoms with Crippen LogP contribution in [0.2, 0.25) is 0 Å². The quantitative estimate of drug-likeness (QED) is 0.408. The first kappa shape index (κ1) is 13.3. The molecular weight excluding hydrogens is 190 g/mol. The van der Waals surface area contributed by atoms with Crippen molar-refractivity contribution in [2.24, 2.45) is 4.99 Å². The minimum absolute atomic E-state index is 0.0867. The lowest BCUT2D eigenvalue weighted by atomic mass is 10.3. The van der Waals surface area contributed by atoms with Gasteiger partial charge >= 0.3 is 0 Å². The summed E-state index contributed by atoms with van der Waals surface area (Å²) in [6, 6.07) is 0. The first-order valence-corrected chi connectivity index (χ1v) is 4.54. The van der Waals surface area contributed by atoms with Crippen LogP contribution in [-0.4, -0.2) is 23.2 Å². The molecule has 0 aromatic rings. The maximum atomic E-state index is 11.0. The average Bonchev–Trinajstić information content (AvgIpc) is 2.22. The number of nitrogens with zero attached hydrogens (tertiary/aromatic N) is 1. The lowest BCUT2D eigenvalue weighted by Crippen LogP contribution is -2.02. The summed E-state index contributed by atoms with van der Waals surface area (Å²) in [6.07, 6.45) is 11.1. The van der Waals surface area contributed by atoms with Crippen molar-refractivity contribution in [2.45, 2.75) is 13.0 Å². The summed E-state index contributed by atoms with van der Waals surface area (Å²) in [6.45, 7) is 5.15. The van der Waals surface area contributed by atoms with E-state index in [1.165, 1.54) is 30.6 Å². The molecule has 80 valence electrons. The van der Waals surface area contributed by atoms with Gasteiger partial charge in [0.05, 0.1) is 0 Å². The second kappa shape index (κ2) is 8.84. The summed E-state index contributed by atoms with van der Waals surface area (Å²) >= 11 is 0. The Morgan fingerprint density at radius 2 is 2.13 bits per heavy atom. The summed E-state index contributed by atoms with van der Waals surface area (Å²) in [7, 11) is 0. The highest BCUT2D eigenvalue weighted by Crippen LogP contribution is 1.86. The predicted octanol–water partition coefficient (Wildman–Crippen LogP) is 1.82. The topological polar surface area (TPSA) is 49.7 Å². The molecule has 0 aromatic carbocycles. The summed E-state index contributed by atoms with van der Waals surface area (Å²) < 4.78 is 0. The Labute approximate surface area is 89.8 Å². The van der Waals surface area contributed by atoms with Gasteiger partial charge in [0.25, 0.3) is 0 Å². The zero-order chi connectivity index (χ0) is 11.5. The third-order valence-corrected chi connectivity index (χ3v) is 1.36. The van der Waals surface area contributed by atoms with Gasteiger partial charge in [-0.3, -0.25) is 9.79 Å². The third-order valence-electron chi connectivity index (χ3n) is 1.36. The largest absolute Gasteiger partial charge is 0.383 e. The van der Waals surface area contributed by atoms with Crippen molar-refractivity contribution < 1.29 is 9.90 Å². The maximum absolute atomic E-state index is 11.0. The van der Waals surface area contributed by atoms with Crippen LogP contribution in [0.4, 0.5) is 0 Å². The molecule has 15 heavy (non-hydrogen) atoms. The molecular formula is C12H15NO2. The second-order valence-electron chi connectivity index (χ2n) is 2.62. The van der Waals surface area contributed by atoms with Gasteiger partial charge in [-0.25, -0.2) is 0 Å². The van der Waals surface area contributed by atoms with E-state index in [4.69, 9.17) is 0 Å². The van der Waals surface area contributed by atoms with Crippen LogP contribution in [0.15, 0.2) is 54.2 Å². The van der Waals surface area contributed by atoms with Crippen molar-refractivity contribution in [2.75, 3.05) is 0 Å². The fourth-order valence-corrected chi connectivity index (χ4v) is 0.747. The molecule has 3 nitrogen and oxygen atoms in total. The van der Waals surface area contributed by atoms with Crippen molar-refractivity contribution in [1.29, 1.82) is 0 Å². The van der Waals surface area contributed by atoms with E-state index in [-0.39, 0.29) is 5.78 Å². The Kier molecular flexibility index (Phi) is 7.82. The molecule has 0 aromatic heterocycles. The van der Waals surface area contributed by atoms with Crippen LogP contribution in [0.5, 0.6) is 0 Å². The fraction of sp³-hybridized carbons (Fsp3) is 0.167. The van der Waals surface area contributed by atoms with Gasteiger partial charge in [-0.1, -0.05) is 30.9 Å². The summed E-state index contributed by atoms with van der Waals surface area (Å²) in [4.78, 5) is 14.6. The van der Waals surface area contributed by atoms with Gasteiger partial charge in [0.1, 0.15) is 6.10 Å². The highest BCUT2D eigenvalue weighted by atomic mass is 16.3. The van der Waals surface area contributed by atoms with Crippen LogP contribution >= 0.6 is 0 Å². The van der Waals surface area contributed by atoms with E-state index in [2.05, 4.69) is 11.6 Å². The Morgan fingerprint density at radius 1 is 1.40 bits per heavy atom. The average molecular weight is 205 g/mol. The lowest BCUT2D eigenvalue weighted by molar-refractivity contribution is -0.110. The van der Waals surface area contributed by atoms with Crippen molar-refractivity contribution in [3.8, 4) is 0 Å². The first-order valence-electron chi connectivity index (χ1n) is 4.54. The molecule has 0 aliphatic rings. The van der Waals surface area contributed by atoms with Crippen molar-refractivity contribution in [3.05, 3.63) is 49.2 Å². The number of ketones is 1. The number of hydrogen-bond donors (Lipinski definition) is 1. The number of aliphatic imine (C=N–C) groups is 1. The van der Waals surface area contributed by atoms with E-state index in [1.807, 2.05) is 0 Å². The molecule has 0 rings (SSSR count). The van der Waals surface area contributed by atoms with Gasteiger partial charge < -0.3 is 5.11 Å². The Bertz CT molecular complexity index is 312. The Balaban J connectivity index is 4.03. The zero-order valence-electron chi connectivity index (χ0n) is 8.71. The number of aliphatic hydroxyl groups excluding tert-OH is 1. The van der Waals surface area contributed by atoms with Gasteiger partial charge in [-0.15, -0.1) is 0 Å². The predicted molar refractivity (Wildman–Crippen MR) is 62.8 cm³/mol.